The summed E-state index contributed by atoms with van der Waals surface area (Å²) in [6.07, 6.45) is 0.685. The first-order valence-electron chi connectivity index (χ1n) is 7.13. The average Bonchev–Trinajstić information content (AvgIpc) is 2.35. The van der Waals surface area contributed by atoms with E-state index in [1.165, 1.54) is 12.1 Å². The van der Waals surface area contributed by atoms with E-state index in [0.717, 1.165) is 0 Å². The summed E-state index contributed by atoms with van der Waals surface area (Å²) >= 11 is 0. The van der Waals surface area contributed by atoms with E-state index in [-0.39, 0.29) is 36.1 Å². The molecule has 0 aromatic heterocycles. The zero-order valence-electron chi connectivity index (χ0n) is 13.1. The van der Waals surface area contributed by atoms with Crippen LogP contribution in [-0.4, -0.2) is 30.3 Å². The first kappa shape index (κ1) is 18.4. The fourth-order valence-electron chi connectivity index (χ4n) is 2.20. The summed E-state index contributed by atoms with van der Waals surface area (Å²) in [7, 11) is 0. The smallest absolute Gasteiger partial charge is 0.387 e. The van der Waals surface area contributed by atoms with Crippen molar-refractivity contribution in [3.8, 4) is 5.75 Å². The van der Waals surface area contributed by atoms with E-state index >= 15 is 0 Å². The standard InChI is InChI=1S/C16H23F2NO3/c1-16(2,3)9-12(10-20)19-14(21)8-11-5-4-6-13(7-11)22-15(17)18/h4-7,12,15,20H,8-10H2,1-3H3,(H,19,21). The van der Waals surface area contributed by atoms with Crippen molar-refractivity contribution in [2.24, 2.45) is 5.41 Å². The van der Waals surface area contributed by atoms with Crippen molar-refractivity contribution in [1.82, 2.24) is 5.32 Å². The maximum absolute atomic E-state index is 12.2. The molecule has 1 aromatic carbocycles. The maximum Gasteiger partial charge on any atom is 0.387 e. The summed E-state index contributed by atoms with van der Waals surface area (Å²) in [5.74, 6) is -0.244. The van der Waals surface area contributed by atoms with Crippen LogP contribution in [0.25, 0.3) is 0 Å². The van der Waals surface area contributed by atoms with Crippen molar-refractivity contribution in [3.05, 3.63) is 29.8 Å². The molecule has 0 saturated heterocycles. The third-order valence-electron chi connectivity index (χ3n) is 2.93. The summed E-state index contributed by atoms with van der Waals surface area (Å²) in [4.78, 5) is 12.0. The van der Waals surface area contributed by atoms with Gasteiger partial charge in [-0.1, -0.05) is 32.9 Å². The number of carbonyl (C=O) groups is 1. The second kappa shape index (κ2) is 8.08. The van der Waals surface area contributed by atoms with Gasteiger partial charge in [0.15, 0.2) is 0 Å². The highest BCUT2D eigenvalue weighted by Gasteiger charge is 2.20. The van der Waals surface area contributed by atoms with Gasteiger partial charge in [0.05, 0.1) is 19.1 Å². The lowest BCUT2D eigenvalue weighted by Crippen LogP contribution is -2.40. The van der Waals surface area contributed by atoms with Crippen LogP contribution in [0.4, 0.5) is 8.78 Å². The maximum atomic E-state index is 12.2. The molecule has 0 heterocycles. The fraction of sp³-hybridized carbons (Fsp3) is 0.562. The number of ether oxygens (including phenoxy) is 1. The zero-order valence-corrected chi connectivity index (χ0v) is 13.1. The predicted octanol–water partition coefficient (Wildman–Crippen LogP) is 2.74. The number of carbonyl (C=O) groups excluding carboxylic acids is 1. The van der Waals surface area contributed by atoms with Gasteiger partial charge in [0.1, 0.15) is 5.75 Å². The highest BCUT2D eigenvalue weighted by Crippen LogP contribution is 2.21. The molecular formula is C16H23F2NO3. The van der Waals surface area contributed by atoms with Crippen molar-refractivity contribution in [2.45, 2.75) is 46.3 Å². The Hall–Kier alpha value is -1.69. The van der Waals surface area contributed by atoms with Gasteiger partial charge in [-0.3, -0.25) is 4.79 Å². The molecule has 0 aliphatic rings. The van der Waals surface area contributed by atoms with Crippen LogP contribution < -0.4 is 10.1 Å². The Balaban J connectivity index is 2.60. The molecule has 22 heavy (non-hydrogen) atoms. The van der Waals surface area contributed by atoms with Gasteiger partial charge in [-0.15, -0.1) is 0 Å². The minimum absolute atomic E-state index is 0.0219. The molecule has 0 aliphatic carbocycles. The molecule has 0 saturated carbocycles. The normalized spacial score (nSPS) is 13.0. The Morgan fingerprint density at radius 2 is 2.05 bits per heavy atom. The number of hydrogen-bond acceptors (Lipinski definition) is 3. The number of alkyl halides is 2. The fourth-order valence-corrected chi connectivity index (χ4v) is 2.20. The van der Waals surface area contributed by atoms with Gasteiger partial charge in [-0.05, 0) is 29.5 Å². The van der Waals surface area contributed by atoms with Crippen molar-refractivity contribution in [2.75, 3.05) is 6.61 Å². The Bertz CT molecular complexity index is 487. The number of rotatable bonds is 7. The number of aliphatic hydroxyl groups is 1. The Morgan fingerprint density at radius 3 is 2.59 bits per heavy atom. The number of hydrogen-bond donors (Lipinski definition) is 2. The predicted molar refractivity (Wildman–Crippen MR) is 79.9 cm³/mol. The largest absolute Gasteiger partial charge is 0.435 e. The first-order chi connectivity index (χ1) is 10.2. The van der Waals surface area contributed by atoms with E-state index in [9.17, 15) is 18.7 Å². The third-order valence-corrected chi connectivity index (χ3v) is 2.93. The summed E-state index contributed by atoms with van der Waals surface area (Å²) in [6.45, 7) is 3.03. The van der Waals surface area contributed by atoms with Crippen LogP contribution in [0.5, 0.6) is 5.75 Å². The van der Waals surface area contributed by atoms with Gasteiger partial charge in [0.25, 0.3) is 0 Å². The second-order valence-corrected chi connectivity index (χ2v) is 6.41. The summed E-state index contributed by atoms with van der Waals surface area (Å²) in [6, 6.07) is 5.70. The number of halogens is 2. The minimum atomic E-state index is -2.89. The molecule has 1 amide bonds. The lowest BCUT2D eigenvalue weighted by Gasteiger charge is -2.25. The molecule has 2 N–H and O–H groups in total. The van der Waals surface area contributed by atoms with Crippen molar-refractivity contribution < 1.29 is 23.4 Å². The number of nitrogens with one attached hydrogen (secondary N) is 1. The van der Waals surface area contributed by atoms with Crippen LogP contribution in [0.15, 0.2) is 24.3 Å². The SMILES string of the molecule is CC(C)(C)CC(CO)NC(=O)Cc1cccc(OC(F)F)c1. The molecule has 0 aliphatic heterocycles. The number of benzene rings is 1. The molecule has 0 radical (unpaired) electrons. The topological polar surface area (TPSA) is 58.6 Å². The van der Waals surface area contributed by atoms with Crippen LogP contribution in [0, 0.1) is 5.41 Å². The second-order valence-electron chi connectivity index (χ2n) is 6.41. The number of amides is 1. The molecule has 1 aromatic rings. The van der Waals surface area contributed by atoms with Crippen LogP contribution in [0.2, 0.25) is 0 Å². The molecule has 4 nitrogen and oxygen atoms in total. The monoisotopic (exact) mass is 315 g/mol. The average molecular weight is 315 g/mol. The van der Waals surface area contributed by atoms with E-state index in [0.29, 0.717) is 12.0 Å². The van der Waals surface area contributed by atoms with Gasteiger partial charge < -0.3 is 15.2 Å². The summed E-state index contributed by atoms with van der Waals surface area (Å²) in [5.41, 5.74) is 0.550. The molecule has 124 valence electrons. The van der Waals surface area contributed by atoms with Gasteiger partial charge in [-0.2, -0.15) is 8.78 Å². The molecular weight excluding hydrogens is 292 g/mol. The van der Waals surface area contributed by atoms with Gasteiger partial charge in [-0.25, -0.2) is 0 Å². The third kappa shape index (κ3) is 7.36. The van der Waals surface area contributed by atoms with E-state index in [4.69, 9.17) is 0 Å². The summed E-state index contributed by atoms with van der Waals surface area (Å²) < 4.78 is 28.6. The van der Waals surface area contributed by atoms with Crippen molar-refractivity contribution in [1.29, 1.82) is 0 Å². The van der Waals surface area contributed by atoms with E-state index in [1.807, 2.05) is 20.8 Å². The van der Waals surface area contributed by atoms with Crippen molar-refractivity contribution >= 4 is 5.91 Å². The van der Waals surface area contributed by atoms with Crippen LogP contribution in [0.1, 0.15) is 32.8 Å². The molecule has 0 bridgehead atoms. The Kier molecular flexibility index (Phi) is 6.74. The van der Waals surface area contributed by atoms with E-state index in [2.05, 4.69) is 10.1 Å². The van der Waals surface area contributed by atoms with Gasteiger partial charge in [0, 0.05) is 0 Å². The Morgan fingerprint density at radius 1 is 1.36 bits per heavy atom. The van der Waals surface area contributed by atoms with Crippen molar-refractivity contribution in [3.63, 3.8) is 0 Å². The molecule has 1 atom stereocenters. The highest BCUT2D eigenvalue weighted by molar-refractivity contribution is 5.79. The lowest BCUT2D eigenvalue weighted by atomic mass is 9.88. The van der Waals surface area contributed by atoms with Crippen LogP contribution >= 0.6 is 0 Å². The zero-order chi connectivity index (χ0) is 16.8. The molecule has 1 rings (SSSR count). The first-order valence-corrected chi connectivity index (χ1v) is 7.13. The molecule has 0 fully saturated rings. The van der Waals surface area contributed by atoms with E-state index < -0.39 is 6.61 Å². The van der Waals surface area contributed by atoms with Crippen LogP contribution in [-0.2, 0) is 11.2 Å². The van der Waals surface area contributed by atoms with Crippen LogP contribution in [0.3, 0.4) is 0 Å². The molecule has 0 spiro atoms. The lowest BCUT2D eigenvalue weighted by molar-refractivity contribution is -0.121. The number of aliphatic hydroxyl groups excluding tert-OH is 1. The van der Waals surface area contributed by atoms with Gasteiger partial charge >= 0.3 is 6.61 Å². The molecule has 1 unspecified atom stereocenters. The Labute approximate surface area is 129 Å². The molecule has 6 heteroatoms. The highest BCUT2D eigenvalue weighted by atomic mass is 19.3. The summed E-state index contributed by atoms with van der Waals surface area (Å²) in [5, 5.41) is 12.1. The minimum Gasteiger partial charge on any atom is -0.435 e. The van der Waals surface area contributed by atoms with E-state index in [1.54, 1.807) is 12.1 Å². The van der Waals surface area contributed by atoms with Gasteiger partial charge in [0.2, 0.25) is 5.91 Å². The quantitative estimate of drug-likeness (QED) is 0.813.